The summed E-state index contributed by atoms with van der Waals surface area (Å²) in [6.45, 7) is 20.6. The third-order valence-corrected chi connectivity index (χ3v) is 23.9. The summed E-state index contributed by atoms with van der Waals surface area (Å²) in [6, 6.07) is 15.9. The Morgan fingerprint density at radius 3 is 1.13 bits per heavy atom. The lowest BCUT2D eigenvalue weighted by atomic mass is 9.88. The minimum atomic E-state index is -1.59. The summed E-state index contributed by atoms with van der Waals surface area (Å²) in [6.07, 6.45) is 2.65. The van der Waals surface area contributed by atoms with E-state index in [9.17, 15) is 72.5 Å². The predicted molar refractivity (Wildman–Crippen MR) is 515 cm³/mol. The van der Waals surface area contributed by atoms with Crippen LogP contribution in [0.2, 0.25) is 0 Å². The smallest absolute Gasteiger partial charge is 0.416 e. The normalized spacial score (nSPS) is 16.7. The second-order valence-electron chi connectivity index (χ2n) is 35.2. The lowest BCUT2D eigenvalue weighted by molar-refractivity contribution is -0.137. The van der Waals surface area contributed by atoms with E-state index >= 15 is 0 Å². The van der Waals surface area contributed by atoms with Gasteiger partial charge in [-0.2, -0.15) is 0 Å². The molecule has 0 saturated carbocycles. The van der Waals surface area contributed by atoms with Crippen LogP contribution < -0.4 is 44.7 Å². The van der Waals surface area contributed by atoms with E-state index in [4.69, 9.17) is 75.8 Å². The quantitative estimate of drug-likeness (QED) is 0.0203. The predicted octanol–water partition coefficient (Wildman–Crippen LogP) is 8.86. The average molecular weight is 1980 g/mol. The Balaban J connectivity index is 0.0000243. The molecule has 4 aromatic carbocycles. The number of ether oxygens (including phenoxy) is 16. The Bertz CT molecular complexity index is 4860. The van der Waals surface area contributed by atoms with Crippen molar-refractivity contribution in [2.75, 3.05) is 183 Å². The molecule has 0 spiro atoms. The number of ketones is 4. The van der Waals surface area contributed by atoms with Crippen LogP contribution in [0, 0.1) is 23.7 Å². The van der Waals surface area contributed by atoms with Crippen LogP contribution in [-0.4, -0.2) is 311 Å². The molecule has 39 heteroatoms. The van der Waals surface area contributed by atoms with Crippen LogP contribution in [0.5, 0.6) is 23.0 Å². The third-order valence-electron chi connectivity index (χ3n) is 23.9. The highest BCUT2D eigenvalue weighted by atomic mass is 16.6. The maximum absolute atomic E-state index is 14.5. The topological polar surface area (TPSA) is 462 Å². The van der Waals surface area contributed by atoms with Crippen molar-refractivity contribution in [3.63, 3.8) is 0 Å². The molecule has 0 fully saturated rings. The Kier molecular flexibility index (Phi) is 48.9. The molecule has 4 aromatic rings. The minimum absolute atomic E-state index is 0. The number of nitrogens with one attached hydrogen (secondary N) is 3. The Hall–Kier alpha value is -11.5. The van der Waals surface area contributed by atoms with Crippen LogP contribution in [-0.2, 0) is 126 Å². The summed E-state index contributed by atoms with van der Waals surface area (Å²) >= 11 is 0. The number of fused-ring (bicyclic) bond motifs is 4. The number of anilines is 2. The zero-order valence-electron chi connectivity index (χ0n) is 82.1. The first-order valence-electron chi connectivity index (χ1n) is 47.7. The van der Waals surface area contributed by atoms with Crippen molar-refractivity contribution in [2.45, 2.75) is 190 Å². The van der Waals surface area contributed by atoms with Gasteiger partial charge in [0.25, 0.3) is 23.6 Å². The molecule has 9 amide bonds. The monoisotopic (exact) mass is 1970 g/mol. The van der Waals surface area contributed by atoms with Crippen molar-refractivity contribution in [3.8, 4) is 23.0 Å². The molecule has 5 N–H and O–H groups in total. The molecule has 0 bridgehead atoms. The van der Waals surface area contributed by atoms with Crippen LogP contribution in [0.15, 0.2) is 108 Å². The number of amides is 9. The van der Waals surface area contributed by atoms with Gasteiger partial charge in [0.1, 0.15) is 24.8 Å². The fourth-order valence-corrected chi connectivity index (χ4v) is 15.9. The van der Waals surface area contributed by atoms with E-state index in [-0.39, 0.29) is 211 Å². The van der Waals surface area contributed by atoms with Gasteiger partial charge in [-0.1, -0.05) is 94.8 Å². The fraction of sp³-hybridized carbons (Fsp3) is 0.578. The van der Waals surface area contributed by atoms with E-state index in [1.165, 1.54) is 60.4 Å². The molecular formula is C102H142N8O31. The summed E-state index contributed by atoms with van der Waals surface area (Å²) in [5, 5.41) is 32.5. The SMILES string of the molecule is C.COCCOCCC(=O)C[C@H](C(=O)N[C@@H](C)C(=O)Cc1ccc(COC(=O)N2c3cc(OCCCCCOc4cc5c(cc4OC)C(=O)N4C=C(C)C[C@H]4[C@H](O)N5C(=O)OCc4ccc(CC(=O)[C@H](C)NC(=O)[C@@H](CC(=O)CCOCCOCCOCCOCCOCCOCCOCCOCCNC(=O)CCN5C(=O)C=CC5=O)C(C)C)cc4)c(OC)cc3C(=O)N3C=C(C)C[C@H]3[C@@H]2O)cc1)C(C)C. The average Bonchev–Trinajstić information content (AvgIpc) is 1.61. The maximum atomic E-state index is 14.5. The van der Waals surface area contributed by atoms with Gasteiger partial charge in [-0.15, -0.1) is 0 Å². The van der Waals surface area contributed by atoms with Gasteiger partial charge in [-0.25, -0.2) is 19.4 Å². The van der Waals surface area contributed by atoms with E-state index in [2.05, 4.69) is 16.0 Å². The number of Topliss-reactive ketones (excluding diaryl/α,β-unsaturated/α-hetero) is 4. The van der Waals surface area contributed by atoms with Crippen molar-refractivity contribution in [2.24, 2.45) is 23.7 Å². The van der Waals surface area contributed by atoms with Gasteiger partial charge in [0, 0.05) is 114 Å². The van der Waals surface area contributed by atoms with Crippen LogP contribution in [0.1, 0.15) is 170 Å². The lowest BCUT2D eigenvalue weighted by Gasteiger charge is -2.31. The van der Waals surface area contributed by atoms with Gasteiger partial charge in [0.15, 0.2) is 47.0 Å². The van der Waals surface area contributed by atoms with Gasteiger partial charge >= 0.3 is 12.2 Å². The molecule has 5 heterocycles. The first kappa shape index (κ1) is 115. The molecule has 141 heavy (non-hydrogen) atoms. The Morgan fingerprint density at radius 2 is 0.773 bits per heavy atom. The highest BCUT2D eigenvalue weighted by Crippen LogP contribution is 2.45. The molecule has 5 aliphatic rings. The number of nitrogens with zero attached hydrogens (tertiary/aromatic N) is 5. The van der Waals surface area contributed by atoms with Crippen molar-refractivity contribution < 1.29 is 148 Å². The van der Waals surface area contributed by atoms with E-state index in [1.54, 1.807) is 81.9 Å². The van der Waals surface area contributed by atoms with E-state index < -0.39 is 96.1 Å². The number of carbonyl (C=O) groups is 13. The van der Waals surface area contributed by atoms with Gasteiger partial charge < -0.3 is 112 Å². The Morgan fingerprint density at radius 1 is 0.426 bits per heavy atom. The highest BCUT2D eigenvalue weighted by Gasteiger charge is 2.48. The number of unbranched alkanes of at least 4 members (excludes halogenated alkanes) is 2. The molecule has 0 aromatic heterocycles. The largest absolute Gasteiger partial charge is 0.493 e. The molecule has 0 radical (unpaired) electrons. The second-order valence-corrected chi connectivity index (χ2v) is 35.2. The summed E-state index contributed by atoms with van der Waals surface area (Å²) < 4.78 is 90.5. The van der Waals surface area contributed by atoms with Crippen LogP contribution in [0.3, 0.4) is 0 Å². The number of aliphatic hydroxyl groups excluding tert-OH is 2. The van der Waals surface area contributed by atoms with Crippen LogP contribution in [0.25, 0.3) is 0 Å². The fourth-order valence-electron chi connectivity index (χ4n) is 15.9. The van der Waals surface area contributed by atoms with Crippen molar-refractivity contribution in [1.82, 2.24) is 30.7 Å². The van der Waals surface area contributed by atoms with E-state index in [0.717, 1.165) is 25.8 Å². The number of aliphatic hydroxyl groups is 2. The summed E-state index contributed by atoms with van der Waals surface area (Å²) in [5.74, 6) is -4.82. The van der Waals surface area contributed by atoms with Crippen molar-refractivity contribution >= 4 is 88.0 Å². The third kappa shape index (κ3) is 35.9. The second kappa shape index (κ2) is 60.1. The molecule has 5 aliphatic heterocycles. The lowest BCUT2D eigenvalue weighted by Crippen LogP contribution is -2.50. The molecule has 776 valence electrons. The molecule has 0 saturated heterocycles. The minimum Gasteiger partial charge on any atom is -0.493 e. The first-order valence-corrected chi connectivity index (χ1v) is 47.7. The van der Waals surface area contributed by atoms with Crippen LogP contribution in [0.4, 0.5) is 21.0 Å². The zero-order valence-corrected chi connectivity index (χ0v) is 82.1. The summed E-state index contributed by atoms with van der Waals surface area (Å²) in [5.41, 5.74) is 4.01. The van der Waals surface area contributed by atoms with Gasteiger partial charge in [0.05, 0.1) is 200 Å². The number of hydrogen-bond acceptors (Lipinski definition) is 31. The molecule has 8 atom stereocenters. The first-order chi connectivity index (χ1) is 67.4. The standard InChI is InChI=1S/C101H138N8O31.CH4/c1-65(2)77(55-75(110)26-32-128-36-35-125-9)94(117)103-69(7)85(112)53-71-15-19-73(20-16-71)63-139-100(123)108-81-59-89(87(126-10)57-79(81)96(119)106-61-67(5)51-83(106)98(108)121)137-30-13-12-14-31-138-90-60-82-80(58-88(90)127-11)97(120)107-62-68(6)52-84(107)99(122)109(82)101(124)140-64-74-21-17-72(18-22-74)54-86(113)70(8)104-95(118)78(66(3)4)56-76(111)27-33-129-37-39-131-41-43-133-45-47-135-49-50-136-48-46-134-44-42-132-40-38-130-34-28-102-91(114)25-29-105-92(115)23-24-93(105)116;/h15-24,57-62,65-66,69-70,77-78,83-84,98-99,121-122H,12-14,25-56,63-64H2,1-11H3,(H,102,114)(H,103,117)(H,104,118);1H4/t69-,70-,77-,78-,83-,84-,98-,99-;/m0./s1. The number of hydrogen-bond donors (Lipinski definition) is 5. The number of benzene rings is 4. The Labute approximate surface area is 824 Å². The van der Waals surface area contributed by atoms with Gasteiger partial charge in [-0.05, 0) is 106 Å². The van der Waals surface area contributed by atoms with E-state index in [0.29, 0.717) is 147 Å². The molecular weight excluding hydrogens is 1830 g/mol. The number of methoxy groups -OCH3 is 3. The van der Waals surface area contributed by atoms with Crippen molar-refractivity contribution in [1.29, 1.82) is 0 Å². The zero-order chi connectivity index (χ0) is 101. The van der Waals surface area contributed by atoms with Gasteiger partial charge in [-0.3, -0.25) is 57.6 Å². The number of imide groups is 1. The highest BCUT2D eigenvalue weighted by molar-refractivity contribution is 6.13. The molecule has 0 aliphatic carbocycles. The van der Waals surface area contributed by atoms with Gasteiger partial charge in [0.2, 0.25) is 17.7 Å². The molecule has 0 unspecified atom stereocenters. The summed E-state index contributed by atoms with van der Waals surface area (Å²) in [7, 11) is 4.37. The summed E-state index contributed by atoms with van der Waals surface area (Å²) in [4.78, 5) is 179. The van der Waals surface area contributed by atoms with E-state index in [1.807, 2.05) is 41.5 Å². The van der Waals surface area contributed by atoms with Crippen LogP contribution >= 0.6 is 0 Å². The molecule has 9 rings (SSSR count). The molecule has 39 nitrogen and oxygen atoms in total. The number of carbonyl (C=O) groups excluding carboxylic acids is 13. The maximum Gasteiger partial charge on any atom is 0.416 e. The van der Waals surface area contributed by atoms with Crippen molar-refractivity contribution in [3.05, 3.63) is 142 Å². The number of rotatable bonds is 66.